The van der Waals surface area contributed by atoms with Gasteiger partial charge < -0.3 is 9.47 Å². The van der Waals surface area contributed by atoms with Gasteiger partial charge in [-0.05, 0) is 19.9 Å². The third-order valence-corrected chi connectivity index (χ3v) is 2.37. The molecule has 17 heavy (non-hydrogen) atoms. The molecule has 1 heterocycles. The van der Waals surface area contributed by atoms with E-state index >= 15 is 0 Å². The first-order valence-corrected chi connectivity index (χ1v) is 5.52. The van der Waals surface area contributed by atoms with Crippen LogP contribution in [0.3, 0.4) is 0 Å². The summed E-state index contributed by atoms with van der Waals surface area (Å²) in [6.45, 7) is 7.75. The first-order chi connectivity index (χ1) is 8.10. The lowest BCUT2D eigenvalue weighted by atomic mass is 10.2. The van der Waals surface area contributed by atoms with Crippen molar-refractivity contribution in [2.45, 2.75) is 19.9 Å². The van der Waals surface area contributed by atoms with E-state index in [1.54, 1.807) is 13.0 Å². The van der Waals surface area contributed by atoms with Gasteiger partial charge in [-0.15, -0.1) is 0 Å². The van der Waals surface area contributed by atoms with E-state index in [4.69, 9.17) is 9.47 Å². The van der Waals surface area contributed by atoms with E-state index in [0.29, 0.717) is 12.2 Å². The molecule has 0 aromatic carbocycles. The maximum absolute atomic E-state index is 11.6. The highest BCUT2D eigenvalue weighted by molar-refractivity contribution is 5.91. The molecule has 0 saturated carbocycles. The molecule has 1 aliphatic heterocycles. The summed E-state index contributed by atoms with van der Waals surface area (Å²) < 4.78 is 9.80. The maximum Gasteiger partial charge on any atom is 0.410 e. The van der Waals surface area contributed by atoms with Crippen LogP contribution in [0.15, 0.2) is 24.3 Å². The normalized spacial score (nSPS) is 18.6. The molecule has 5 nitrogen and oxygen atoms in total. The lowest BCUT2D eigenvalue weighted by Crippen LogP contribution is -2.35. The molecule has 0 aromatic heterocycles. The number of carbonyl (C=O) groups is 2. The highest BCUT2D eigenvalue weighted by Gasteiger charge is 2.30. The molecule has 5 heteroatoms. The molecule has 0 unspecified atom stereocenters. The van der Waals surface area contributed by atoms with Crippen molar-refractivity contribution >= 4 is 12.1 Å². The minimum absolute atomic E-state index is 0.160. The predicted molar refractivity (Wildman–Crippen MR) is 62.4 cm³/mol. The highest BCUT2D eigenvalue weighted by atomic mass is 16.6. The molecule has 0 aromatic rings. The van der Waals surface area contributed by atoms with Gasteiger partial charge in [-0.1, -0.05) is 12.7 Å². The number of esters is 1. The van der Waals surface area contributed by atoms with E-state index in [1.807, 2.05) is 6.92 Å². The fourth-order valence-electron chi connectivity index (χ4n) is 1.56. The molecule has 0 radical (unpaired) electrons. The van der Waals surface area contributed by atoms with Gasteiger partial charge in [-0.25, -0.2) is 9.59 Å². The van der Waals surface area contributed by atoms with E-state index in [9.17, 15) is 9.59 Å². The van der Waals surface area contributed by atoms with Gasteiger partial charge in [0.2, 0.25) is 0 Å². The average Bonchev–Trinajstić information content (AvgIpc) is 2.68. The van der Waals surface area contributed by atoms with E-state index < -0.39 is 6.09 Å². The fraction of sp³-hybridized carbons (Fsp3) is 0.500. The lowest BCUT2D eigenvalue weighted by Gasteiger charge is -2.20. The summed E-state index contributed by atoms with van der Waals surface area (Å²) >= 11 is 0. The van der Waals surface area contributed by atoms with Crippen molar-refractivity contribution in [3.8, 4) is 0 Å². The minimum Gasteiger partial charge on any atom is -0.463 e. The molecule has 1 aliphatic rings. The van der Waals surface area contributed by atoms with Gasteiger partial charge in [0.1, 0.15) is 6.61 Å². The molecule has 0 saturated heterocycles. The molecule has 0 spiro atoms. The van der Waals surface area contributed by atoms with Crippen molar-refractivity contribution in [1.29, 1.82) is 0 Å². The maximum atomic E-state index is 11.6. The van der Waals surface area contributed by atoms with Crippen LogP contribution in [0.1, 0.15) is 13.8 Å². The molecule has 1 amide bonds. The quantitative estimate of drug-likeness (QED) is 0.551. The second kappa shape index (κ2) is 6.08. The molecule has 0 aliphatic carbocycles. The summed E-state index contributed by atoms with van der Waals surface area (Å²) in [6, 6.07) is -0.160. The minimum atomic E-state index is -0.451. The standard InChI is InChI=1S/C12H17NO4/c1-4-6-17-12(15)13-8-10(7-9(13)3)11(14)16-5-2/h4,7,9H,1,5-6,8H2,2-3H3/t9-/m0/s1. The fourth-order valence-corrected chi connectivity index (χ4v) is 1.56. The Kier molecular flexibility index (Phi) is 4.75. The Morgan fingerprint density at radius 2 is 2.29 bits per heavy atom. The number of hydrogen-bond donors (Lipinski definition) is 0. The SMILES string of the molecule is C=CCOC(=O)N1CC(C(=O)OCC)=C[C@@H]1C. The van der Waals surface area contributed by atoms with Crippen LogP contribution < -0.4 is 0 Å². The number of carbonyl (C=O) groups excluding carboxylic acids is 2. The predicted octanol–water partition coefficient (Wildman–Crippen LogP) is 1.50. The first-order valence-electron chi connectivity index (χ1n) is 5.52. The van der Waals surface area contributed by atoms with Gasteiger partial charge in [-0.3, -0.25) is 4.90 Å². The summed E-state index contributed by atoms with van der Waals surface area (Å²) in [7, 11) is 0. The van der Waals surface area contributed by atoms with Crippen molar-refractivity contribution in [3.05, 3.63) is 24.3 Å². The zero-order valence-corrected chi connectivity index (χ0v) is 10.1. The van der Waals surface area contributed by atoms with E-state index in [1.165, 1.54) is 11.0 Å². The molecule has 0 bridgehead atoms. The Balaban J connectivity index is 2.56. The van der Waals surface area contributed by atoms with Crippen LogP contribution in [0.5, 0.6) is 0 Å². The molecule has 0 fully saturated rings. The van der Waals surface area contributed by atoms with Crippen LogP contribution in [0.2, 0.25) is 0 Å². The third-order valence-electron chi connectivity index (χ3n) is 2.37. The van der Waals surface area contributed by atoms with Crippen molar-refractivity contribution in [2.75, 3.05) is 19.8 Å². The van der Waals surface area contributed by atoms with Crippen molar-refractivity contribution in [1.82, 2.24) is 4.90 Å². The summed E-state index contributed by atoms with van der Waals surface area (Å²) in [6.07, 6.45) is 2.76. The van der Waals surface area contributed by atoms with E-state index in [-0.39, 0.29) is 25.2 Å². The van der Waals surface area contributed by atoms with Crippen LogP contribution in [-0.4, -0.2) is 42.8 Å². The van der Waals surface area contributed by atoms with Crippen molar-refractivity contribution in [2.24, 2.45) is 0 Å². The molecule has 1 rings (SSSR count). The van der Waals surface area contributed by atoms with E-state index in [0.717, 1.165) is 0 Å². The average molecular weight is 239 g/mol. The highest BCUT2D eigenvalue weighted by Crippen LogP contribution is 2.18. The molecule has 94 valence electrons. The largest absolute Gasteiger partial charge is 0.463 e. The van der Waals surface area contributed by atoms with Crippen LogP contribution in [0.4, 0.5) is 4.79 Å². The number of ether oxygens (including phenoxy) is 2. The van der Waals surface area contributed by atoms with Crippen LogP contribution in [0, 0.1) is 0 Å². The van der Waals surface area contributed by atoms with Crippen molar-refractivity contribution in [3.63, 3.8) is 0 Å². The van der Waals surface area contributed by atoms with Crippen LogP contribution in [0.25, 0.3) is 0 Å². The zero-order valence-electron chi connectivity index (χ0n) is 10.1. The second-order valence-corrected chi connectivity index (χ2v) is 3.65. The molecule has 0 N–H and O–H groups in total. The number of nitrogens with zero attached hydrogens (tertiary/aromatic N) is 1. The Hall–Kier alpha value is -1.78. The molecular formula is C12H17NO4. The zero-order chi connectivity index (χ0) is 12.8. The Bertz CT molecular complexity index is 348. The second-order valence-electron chi connectivity index (χ2n) is 3.65. The lowest BCUT2D eigenvalue weighted by molar-refractivity contribution is -0.138. The van der Waals surface area contributed by atoms with Gasteiger partial charge in [0.25, 0.3) is 0 Å². The van der Waals surface area contributed by atoms with Gasteiger partial charge >= 0.3 is 12.1 Å². The third kappa shape index (κ3) is 3.34. The number of rotatable bonds is 4. The van der Waals surface area contributed by atoms with Crippen LogP contribution >= 0.6 is 0 Å². The molecular weight excluding hydrogens is 222 g/mol. The summed E-state index contributed by atoms with van der Waals surface area (Å²) in [5, 5.41) is 0. The molecule has 1 atom stereocenters. The Morgan fingerprint density at radius 1 is 1.59 bits per heavy atom. The number of amides is 1. The number of hydrogen-bond acceptors (Lipinski definition) is 4. The Labute approximate surface area is 101 Å². The summed E-state index contributed by atoms with van der Waals surface area (Å²) in [5.41, 5.74) is 0.495. The van der Waals surface area contributed by atoms with Gasteiger partial charge in [-0.2, -0.15) is 0 Å². The van der Waals surface area contributed by atoms with Crippen LogP contribution in [-0.2, 0) is 14.3 Å². The van der Waals surface area contributed by atoms with Gasteiger partial charge in [0.05, 0.1) is 24.8 Å². The first kappa shape index (κ1) is 13.3. The Morgan fingerprint density at radius 3 is 2.88 bits per heavy atom. The topological polar surface area (TPSA) is 55.8 Å². The van der Waals surface area contributed by atoms with Gasteiger partial charge in [0.15, 0.2) is 0 Å². The summed E-state index contributed by atoms with van der Waals surface area (Å²) in [5.74, 6) is -0.377. The van der Waals surface area contributed by atoms with Gasteiger partial charge in [0, 0.05) is 0 Å². The summed E-state index contributed by atoms with van der Waals surface area (Å²) in [4.78, 5) is 24.6. The van der Waals surface area contributed by atoms with Crippen molar-refractivity contribution < 1.29 is 19.1 Å². The monoisotopic (exact) mass is 239 g/mol. The van der Waals surface area contributed by atoms with E-state index in [2.05, 4.69) is 6.58 Å². The smallest absolute Gasteiger partial charge is 0.410 e.